The zero-order valence-corrected chi connectivity index (χ0v) is 17.9. The van der Waals surface area contributed by atoms with Crippen molar-refractivity contribution in [1.82, 2.24) is 15.5 Å². The SMILES string of the molecule is CCNC(=NCC1COc2ccccc2O1)NCCCN1CCCC1.I. The zero-order valence-electron chi connectivity index (χ0n) is 15.6. The fourth-order valence-corrected chi connectivity index (χ4v) is 3.20. The molecule has 7 heteroatoms. The third-order valence-corrected chi connectivity index (χ3v) is 4.51. The average Bonchev–Trinajstić information content (AvgIpc) is 3.16. The van der Waals surface area contributed by atoms with Crippen molar-refractivity contribution in [2.75, 3.05) is 45.9 Å². The van der Waals surface area contributed by atoms with E-state index in [1.807, 2.05) is 24.3 Å². The molecule has 0 saturated carbocycles. The third kappa shape index (κ3) is 6.50. The van der Waals surface area contributed by atoms with Gasteiger partial charge in [-0.05, 0) is 58.0 Å². The lowest BCUT2D eigenvalue weighted by molar-refractivity contribution is 0.0971. The Kier molecular flexibility index (Phi) is 9.31. The highest BCUT2D eigenvalue weighted by Crippen LogP contribution is 2.30. The molecule has 1 aromatic carbocycles. The van der Waals surface area contributed by atoms with Crippen LogP contribution in [-0.4, -0.2) is 62.8 Å². The van der Waals surface area contributed by atoms with Gasteiger partial charge in [0.25, 0.3) is 0 Å². The molecule has 1 saturated heterocycles. The summed E-state index contributed by atoms with van der Waals surface area (Å²) in [6.45, 7) is 8.67. The molecule has 0 aromatic heterocycles. The van der Waals surface area contributed by atoms with Crippen molar-refractivity contribution >= 4 is 29.9 Å². The first-order valence-corrected chi connectivity index (χ1v) is 9.48. The normalized spacial score (nSPS) is 19.7. The summed E-state index contributed by atoms with van der Waals surface area (Å²) in [5, 5.41) is 6.72. The summed E-state index contributed by atoms with van der Waals surface area (Å²) in [6, 6.07) is 7.78. The van der Waals surface area contributed by atoms with Gasteiger partial charge in [0.1, 0.15) is 6.61 Å². The standard InChI is InChI=1S/C19H30N4O2.HI/c1-2-20-19(21-10-7-13-23-11-5-6-12-23)22-14-16-15-24-17-8-3-4-9-18(17)25-16;/h3-4,8-9,16H,2,5-7,10-15H2,1H3,(H2,20,21,22);1H. The lowest BCUT2D eigenvalue weighted by Crippen LogP contribution is -2.40. The average molecular weight is 474 g/mol. The van der Waals surface area contributed by atoms with Gasteiger partial charge in [-0.2, -0.15) is 0 Å². The number of halogens is 1. The molecule has 2 heterocycles. The lowest BCUT2D eigenvalue weighted by atomic mass is 10.2. The maximum Gasteiger partial charge on any atom is 0.191 e. The Morgan fingerprint density at radius 2 is 1.96 bits per heavy atom. The van der Waals surface area contributed by atoms with Crippen molar-refractivity contribution in [3.8, 4) is 11.5 Å². The number of aliphatic imine (C=N–C) groups is 1. The fraction of sp³-hybridized carbons (Fsp3) is 0.632. The van der Waals surface area contributed by atoms with Crippen molar-refractivity contribution in [3.63, 3.8) is 0 Å². The number of hydrogen-bond acceptors (Lipinski definition) is 4. The van der Waals surface area contributed by atoms with E-state index >= 15 is 0 Å². The van der Waals surface area contributed by atoms with E-state index in [4.69, 9.17) is 9.47 Å². The molecular weight excluding hydrogens is 443 g/mol. The third-order valence-electron chi connectivity index (χ3n) is 4.51. The Morgan fingerprint density at radius 1 is 1.19 bits per heavy atom. The number of hydrogen-bond donors (Lipinski definition) is 2. The molecule has 26 heavy (non-hydrogen) atoms. The van der Waals surface area contributed by atoms with Gasteiger partial charge in [-0.25, -0.2) is 4.99 Å². The number of likely N-dealkylation sites (tertiary alicyclic amines) is 1. The summed E-state index contributed by atoms with van der Waals surface area (Å²) < 4.78 is 11.7. The predicted octanol–water partition coefficient (Wildman–Crippen LogP) is 2.49. The summed E-state index contributed by atoms with van der Waals surface area (Å²) >= 11 is 0. The number of guanidine groups is 1. The van der Waals surface area contributed by atoms with Crippen LogP contribution in [0.25, 0.3) is 0 Å². The van der Waals surface area contributed by atoms with Gasteiger partial charge in [0.05, 0.1) is 6.54 Å². The largest absolute Gasteiger partial charge is 0.486 e. The van der Waals surface area contributed by atoms with E-state index in [2.05, 4.69) is 27.4 Å². The highest BCUT2D eigenvalue weighted by Gasteiger charge is 2.20. The Hall–Kier alpha value is -1.22. The van der Waals surface area contributed by atoms with Gasteiger partial charge in [-0.15, -0.1) is 24.0 Å². The van der Waals surface area contributed by atoms with E-state index in [0.29, 0.717) is 13.2 Å². The molecule has 0 radical (unpaired) electrons. The molecule has 0 spiro atoms. The molecule has 1 unspecified atom stereocenters. The van der Waals surface area contributed by atoms with Crippen molar-refractivity contribution in [1.29, 1.82) is 0 Å². The Balaban J connectivity index is 0.00000243. The monoisotopic (exact) mass is 474 g/mol. The summed E-state index contributed by atoms with van der Waals surface area (Å²) in [4.78, 5) is 7.19. The second-order valence-corrected chi connectivity index (χ2v) is 6.55. The van der Waals surface area contributed by atoms with Crippen LogP contribution in [0.5, 0.6) is 11.5 Å². The van der Waals surface area contributed by atoms with E-state index in [1.165, 1.54) is 32.5 Å². The molecule has 146 valence electrons. The smallest absolute Gasteiger partial charge is 0.191 e. The van der Waals surface area contributed by atoms with Gasteiger partial charge >= 0.3 is 0 Å². The highest BCUT2D eigenvalue weighted by molar-refractivity contribution is 14.0. The van der Waals surface area contributed by atoms with Gasteiger partial charge in [-0.3, -0.25) is 0 Å². The van der Waals surface area contributed by atoms with Gasteiger partial charge in [0, 0.05) is 13.1 Å². The van der Waals surface area contributed by atoms with Crippen molar-refractivity contribution in [2.45, 2.75) is 32.3 Å². The predicted molar refractivity (Wildman–Crippen MR) is 116 cm³/mol. The maximum atomic E-state index is 5.96. The zero-order chi connectivity index (χ0) is 17.3. The van der Waals surface area contributed by atoms with Gasteiger partial charge in [0.2, 0.25) is 0 Å². The van der Waals surface area contributed by atoms with E-state index in [1.54, 1.807) is 0 Å². The summed E-state index contributed by atoms with van der Waals surface area (Å²) in [7, 11) is 0. The highest BCUT2D eigenvalue weighted by atomic mass is 127. The Bertz CT molecular complexity index is 564. The van der Waals surface area contributed by atoms with Crippen LogP contribution in [0.2, 0.25) is 0 Å². The molecule has 2 aliphatic heterocycles. The minimum Gasteiger partial charge on any atom is -0.486 e. The molecule has 0 amide bonds. The van der Waals surface area contributed by atoms with Crippen LogP contribution >= 0.6 is 24.0 Å². The first-order valence-electron chi connectivity index (χ1n) is 9.48. The number of fused-ring (bicyclic) bond motifs is 1. The molecule has 3 rings (SSSR count). The van der Waals surface area contributed by atoms with Crippen LogP contribution < -0.4 is 20.1 Å². The Morgan fingerprint density at radius 3 is 2.73 bits per heavy atom. The molecule has 0 aliphatic carbocycles. The first-order chi connectivity index (χ1) is 12.3. The number of nitrogens with zero attached hydrogens (tertiary/aromatic N) is 2. The minimum atomic E-state index is -0.0463. The van der Waals surface area contributed by atoms with Gasteiger partial charge in [-0.1, -0.05) is 12.1 Å². The number of para-hydroxylation sites is 2. The second-order valence-electron chi connectivity index (χ2n) is 6.55. The summed E-state index contributed by atoms with van der Waals surface area (Å²) in [6.07, 6.45) is 3.80. The maximum absolute atomic E-state index is 5.96. The number of benzene rings is 1. The number of rotatable bonds is 7. The molecule has 1 aromatic rings. The lowest BCUT2D eigenvalue weighted by Gasteiger charge is -2.25. The fourth-order valence-electron chi connectivity index (χ4n) is 3.20. The van der Waals surface area contributed by atoms with Crippen LogP contribution in [0.4, 0.5) is 0 Å². The van der Waals surface area contributed by atoms with Crippen LogP contribution in [0.1, 0.15) is 26.2 Å². The molecule has 6 nitrogen and oxygen atoms in total. The molecule has 0 bridgehead atoms. The molecule has 2 aliphatic rings. The topological polar surface area (TPSA) is 58.1 Å². The quantitative estimate of drug-likeness (QED) is 0.275. The minimum absolute atomic E-state index is 0. The van der Waals surface area contributed by atoms with Crippen molar-refractivity contribution in [2.24, 2.45) is 4.99 Å². The molecule has 2 N–H and O–H groups in total. The molecule has 1 atom stereocenters. The second kappa shape index (κ2) is 11.5. The molecule has 1 fully saturated rings. The number of nitrogens with one attached hydrogen (secondary N) is 2. The van der Waals surface area contributed by atoms with Crippen molar-refractivity contribution < 1.29 is 9.47 Å². The van der Waals surface area contributed by atoms with E-state index in [0.717, 1.165) is 37.0 Å². The van der Waals surface area contributed by atoms with Crippen LogP contribution in [0, 0.1) is 0 Å². The van der Waals surface area contributed by atoms with E-state index < -0.39 is 0 Å². The molecular formula is C19H31IN4O2. The first kappa shape index (κ1) is 21.1. The summed E-state index contributed by atoms with van der Waals surface area (Å²) in [5.41, 5.74) is 0. The van der Waals surface area contributed by atoms with Gasteiger partial charge < -0.3 is 25.0 Å². The van der Waals surface area contributed by atoms with Crippen LogP contribution in [0.15, 0.2) is 29.3 Å². The van der Waals surface area contributed by atoms with Crippen LogP contribution in [0.3, 0.4) is 0 Å². The van der Waals surface area contributed by atoms with E-state index in [9.17, 15) is 0 Å². The summed E-state index contributed by atoms with van der Waals surface area (Å²) in [5.74, 6) is 2.47. The van der Waals surface area contributed by atoms with Crippen molar-refractivity contribution in [3.05, 3.63) is 24.3 Å². The van der Waals surface area contributed by atoms with Gasteiger partial charge in [0.15, 0.2) is 23.6 Å². The number of ether oxygens (including phenoxy) is 2. The van der Waals surface area contributed by atoms with Crippen LogP contribution in [-0.2, 0) is 0 Å². The Labute approximate surface area is 173 Å². The van der Waals surface area contributed by atoms with E-state index in [-0.39, 0.29) is 30.1 Å².